The van der Waals surface area contributed by atoms with Crippen LogP contribution in [-0.4, -0.2) is 4.98 Å². The second-order valence-electron chi connectivity index (χ2n) is 4.52. The summed E-state index contributed by atoms with van der Waals surface area (Å²) < 4.78 is 13.6. The van der Waals surface area contributed by atoms with Gasteiger partial charge in [-0.2, -0.15) is 5.26 Å². The number of hydrogen-bond acceptors (Lipinski definition) is 4. The van der Waals surface area contributed by atoms with E-state index in [2.05, 4.69) is 10.3 Å². The van der Waals surface area contributed by atoms with Crippen LogP contribution in [0.3, 0.4) is 0 Å². The predicted molar refractivity (Wildman–Crippen MR) is 80.6 cm³/mol. The molecule has 0 bridgehead atoms. The molecule has 0 aliphatic heterocycles. The van der Waals surface area contributed by atoms with Gasteiger partial charge in [0.15, 0.2) is 0 Å². The third-order valence-corrected chi connectivity index (χ3v) is 3.25. The maximum absolute atomic E-state index is 13.6. The fraction of sp³-hybridized carbons (Fsp3) is 0. The van der Waals surface area contributed by atoms with Gasteiger partial charge in [0, 0.05) is 34.5 Å². The van der Waals surface area contributed by atoms with Gasteiger partial charge in [0.1, 0.15) is 17.4 Å². The van der Waals surface area contributed by atoms with E-state index in [-0.39, 0.29) is 5.56 Å². The molecule has 0 saturated heterocycles. The van der Waals surface area contributed by atoms with Gasteiger partial charge in [-0.3, -0.25) is 4.98 Å². The van der Waals surface area contributed by atoms with E-state index in [9.17, 15) is 4.39 Å². The fourth-order valence-electron chi connectivity index (χ4n) is 2.21. The van der Waals surface area contributed by atoms with Crippen LogP contribution in [0.1, 0.15) is 5.56 Å². The quantitative estimate of drug-likeness (QED) is 0.703. The zero-order valence-electron chi connectivity index (χ0n) is 11.0. The lowest BCUT2D eigenvalue weighted by molar-refractivity contribution is 0.624. The normalized spacial score (nSPS) is 10.3. The number of nitrogens with two attached hydrogens (primary N) is 1. The van der Waals surface area contributed by atoms with Crippen LogP contribution in [0.4, 0.5) is 21.5 Å². The Kier molecular flexibility index (Phi) is 3.13. The molecule has 0 atom stereocenters. The number of pyridine rings is 1. The predicted octanol–water partition coefficient (Wildman–Crippen LogP) is 3.57. The van der Waals surface area contributed by atoms with Crippen molar-refractivity contribution in [2.75, 3.05) is 11.1 Å². The molecule has 0 radical (unpaired) electrons. The average Bonchev–Trinajstić information content (AvgIpc) is 2.51. The summed E-state index contributed by atoms with van der Waals surface area (Å²) >= 11 is 0. The molecule has 3 N–H and O–H groups in total. The number of nitriles is 1. The van der Waals surface area contributed by atoms with E-state index >= 15 is 0 Å². The Hall–Kier alpha value is -3.13. The van der Waals surface area contributed by atoms with Crippen LogP contribution >= 0.6 is 0 Å². The van der Waals surface area contributed by atoms with Crippen molar-refractivity contribution in [3.8, 4) is 6.07 Å². The largest absolute Gasteiger partial charge is 0.398 e. The molecule has 102 valence electrons. The highest BCUT2D eigenvalue weighted by Gasteiger charge is 2.10. The van der Waals surface area contributed by atoms with Crippen molar-refractivity contribution >= 4 is 27.8 Å². The van der Waals surface area contributed by atoms with Crippen molar-refractivity contribution in [3.63, 3.8) is 0 Å². The first-order valence-corrected chi connectivity index (χ1v) is 6.28. The first-order chi connectivity index (χ1) is 10.2. The minimum absolute atomic E-state index is 0.0171. The third-order valence-electron chi connectivity index (χ3n) is 3.25. The number of anilines is 3. The molecule has 3 rings (SSSR count). The number of nitrogen functional groups attached to an aromatic ring is 1. The summed E-state index contributed by atoms with van der Waals surface area (Å²) in [5, 5.41) is 13.8. The van der Waals surface area contributed by atoms with E-state index in [4.69, 9.17) is 11.0 Å². The first kappa shape index (κ1) is 12.9. The fourth-order valence-corrected chi connectivity index (χ4v) is 2.21. The summed E-state index contributed by atoms with van der Waals surface area (Å²) in [6, 6.07) is 11.7. The van der Waals surface area contributed by atoms with Crippen molar-refractivity contribution < 1.29 is 4.39 Å². The molecule has 4 nitrogen and oxygen atoms in total. The molecule has 0 aliphatic carbocycles. The molecule has 0 amide bonds. The van der Waals surface area contributed by atoms with E-state index in [0.717, 1.165) is 16.5 Å². The van der Waals surface area contributed by atoms with Gasteiger partial charge in [0.2, 0.25) is 0 Å². The number of nitrogens with one attached hydrogen (secondary N) is 1. The molecule has 0 unspecified atom stereocenters. The Labute approximate surface area is 120 Å². The molecule has 0 spiro atoms. The highest BCUT2D eigenvalue weighted by atomic mass is 19.1. The second-order valence-corrected chi connectivity index (χ2v) is 4.52. The summed E-state index contributed by atoms with van der Waals surface area (Å²) in [5.41, 5.74) is 7.67. The lowest BCUT2D eigenvalue weighted by Crippen LogP contribution is -1.98. The number of fused-ring (bicyclic) bond motifs is 1. The van der Waals surface area contributed by atoms with E-state index in [1.807, 2.05) is 12.1 Å². The molecule has 0 saturated carbocycles. The Morgan fingerprint density at radius 3 is 2.76 bits per heavy atom. The number of benzene rings is 2. The van der Waals surface area contributed by atoms with Crippen LogP contribution in [0.5, 0.6) is 0 Å². The van der Waals surface area contributed by atoms with E-state index in [0.29, 0.717) is 11.4 Å². The van der Waals surface area contributed by atoms with Gasteiger partial charge in [0.25, 0.3) is 0 Å². The molecule has 0 fully saturated rings. The lowest BCUT2D eigenvalue weighted by Gasteiger charge is -2.12. The van der Waals surface area contributed by atoms with Gasteiger partial charge in [-0.05, 0) is 30.3 Å². The van der Waals surface area contributed by atoms with Crippen LogP contribution in [-0.2, 0) is 0 Å². The summed E-state index contributed by atoms with van der Waals surface area (Å²) in [7, 11) is 0. The first-order valence-electron chi connectivity index (χ1n) is 6.28. The van der Waals surface area contributed by atoms with Crippen LogP contribution in [0.25, 0.3) is 10.8 Å². The Morgan fingerprint density at radius 2 is 1.95 bits per heavy atom. The SMILES string of the molecule is N#Cc1c(F)cccc1Nc1ccc(N)c2cnccc12. The third kappa shape index (κ3) is 2.23. The van der Waals surface area contributed by atoms with Crippen LogP contribution < -0.4 is 11.1 Å². The Bertz CT molecular complexity index is 868. The minimum Gasteiger partial charge on any atom is -0.398 e. The number of nitrogens with zero attached hydrogens (tertiary/aromatic N) is 2. The summed E-state index contributed by atoms with van der Waals surface area (Å²) in [4.78, 5) is 4.05. The zero-order chi connectivity index (χ0) is 14.8. The van der Waals surface area contributed by atoms with Gasteiger partial charge < -0.3 is 11.1 Å². The van der Waals surface area contributed by atoms with Gasteiger partial charge in [0.05, 0.1) is 5.69 Å². The summed E-state index contributed by atoms with van der Waals surface area (Å²) in [6.45, 7) is 0. The van der Waals surface area contributed by atoms with Crippen LogP contribution in [0, 0.1) is 17.1 Å². The van der Waals surface area contributed by atoms with Crippen molar-refractivity contribution in [2.45, 2.75) is 0 Å². The molecule has 5 heteroatoms. The standard InChI is InChI=1S/C16H11FN4/c17-13-2-1-3-15(11(13)8-18)21-16-5-4-14(19)12-9-20-7-6-10(12)16/h1-7,9,21H,19H2. The molecule has 1 heterocycles. The summed E-state index contributed by atoms with van der Waals surface area (Å²) in [5.74, 6) is -0.552. The molecule has 2 aromatic carbocycles. The lowest BCUT2D eigenvalue weighted by atomic mass is 10.1. The minimum atomic E-state index is -0.552. The van der Waals surface area contributed by atoms with E-state index in [1.165, 1.54) is 6.07 Å². The average molecular weight is 278 g/mol. The molecule has 3 aromatic rings. The maximum Gasteiger partial charge on any atom is 0.143 e. The molecular weight excluding hydrogens is 267 g/mol. The van der Waals surface area contributed by atoms with Gasteiger partial charge in [-0.25, -0.2) is 4.39 Å². The monoisotopic (exact) mass is 278 g/mol. The smallest absolute Gasteiger partial charge is 0.143 e. The van der Waals surface area contributed by atoms with Crippen molar-refractivity contribution in [1.29, 1.82) is 5.26 Å². The van der Waals surface area contributed by atoms with Gasteiger partial charge in [-0.1, -0.05) is 6.07 Å². The highest BCUT2D eigenvalue weighted by Crippen LogP contribution is 2.31. The summed E-state index contributed by atoms with van der Waals surface area (Å²) in [6.07, 6.45) is 3.33. The van der Waals surface area contributed by atoms with E-state index < -0.39 is 5.82 Å². The Balaban J connectivity index is 2.14. The van der Waals surface area contributed by atoms with Crippen molar-refractivity contribution in [2.24, 2.45) is 0 Å². The van der Waals surface area contributed by atoms with Crippen LogP contribution in [0.15, 0.2) is 48.8 Å². The van der Waals surface area contributed by atoms with Crippen molar-refractivity contribution in [3.05, 3.63) is 60.2 Å². The van der Waals surface area contributed by atoms with E-state index in [1.54, 1.807) is 36.7 Å². The molecule has 1 aromatic heterocycles. The van der Waals surface area contributed by atoms with Gasteiger partial charge >= 0.3 is 0 Å². The van der Waals surface area contributed by atoms with Crippen molar-refractivity contribution in [1.82, 2.24) is 4.98 Å². The highest BCUT2D eigenvalue weighted by molar-refractivity contribution is 6.01. The maximum atomic E-state index is 13.6. The number of halogens is 1. The van der Waals surface area contributed by atoms with Crippen LogP contribution in [0.2, 0.25) is 0 Å². The topological polar surface area (TPSA) is 74.7 Å². The molecular formula is C16H11FN4. The van der Waals surface area contributed by atoms with Gasteiger partial charge in [-0.15, -0.1) is 0 Å². The number of aromatic nitrogens is 1. The Morgan fingerprint density at radius 1 is 1.10 bits per heavy atom. The number of rotatable bonds is 2. The second kappa shape index (κ2) is 5.10. The molecule has 0 aliphatic rings. The number of hydrogen-bond donors (Lipinski definition) is 2. The molecule has 21 heavy (non-hydrogen) atoms. The zero-order valence-corrected chi connectivity index (χ0v) is 11.0.